The molecule has 0 N–H and O–H groups in total. The van der Waals surface area contributed by atoms with Gasteiger partial charge in [0.2, 0.25) is 0 Å². The van der Waals surface area contributed by atoms with Crippen LogP contribution in [0.3, 0.4) is 0 Å². The Labute approximate surface area is 111 Å². The molecule has 0 fully saturated rings. The van der Waals surface area contributed by atoms with Gasteiger partial charge in [-0.2, -0.15) is 0 Å². The molecule has 0 amide bonds. The highest BCUT2D eigenvalue weighted by Gasteiger charge is 2.08. The first-order valence-electron chi connectivity index (χ1n) is 5.52. The molecule has 1 aromatic carbocycles. The zero-order valence-electron chi connectivity index (χ0n) is 10.7. The van der Waals surface area contributed by atoms with E-state index >= 15 is 0 Å². The smallest absolute Gasteiger partial charge is 0.0483 e. The van der Waals surface area contributed by atoms with E-state index in [1.54, 1.807) is 0 Å². The number of hydrogen-bond acceptors (Lipinski definition) is 2. The van der Waals surface area contributed by atoms with E-state index < -0.39 is 0 Å². The fourth-order valence-electron chi connectivity index (χ4n) is 2.13. The van der Waals surface area contributed by atoms with Crippen LogP contribution in [0.4, 0.5) is 0 Å². The van der Waals surface area contributed by atoms with Crippen LogP contribution < -0.4 is 0 Å². The van der Waals surface area contributed by atoms with Gasteiger partial charge in [0.25, 0.3) is 0 Å². The van der Waals surface area contributed by atoms with Gasteiger partial charge in [0.1, 0.15) is 0 Å². The lowest BCUT2D eigenvalue weighted by molar-refractivity contribution is 0.969. The Morgan fingerprint density at radius 3 is 2.47 bits per heavy atom. The fraction of sp³-hybridized carbons (Fsp3) is 0.286. The lowest BCUT2D eigenvalue weighted by Gasteiger charge is -2.09. The van der Waals surface area contributed by atoms with Crippen molar-refractivity contribution >= 4 is 40.0 Å². The minimum atomic E-state index is 1.29. The molecule has 3 heteroatoms. The van der Waals surface area contributed by atoms with Crippen molar-refractivity contribution in [2.24, 2.45) is 7.05 Å². The highest BCUT2D eigenvalue weighted by Crippen LogP contribution is 2.35. The van der Waals surface area contributed by atoms with Crippen molar-refractivity contribution in [2.45, 2.75) is 6.92 Å². The Morgan fingerprint density at radius 1 is 1.12 bits per heavy atom. The first-order valence-corrected chi connectivity index (χ1v) is 7.97. The maximum absolute atomic E-state index is 2.21. The van der Waals surface area contributed by atoms with Gasteiger partial charge in [0.15, 0.2) is 0 Å². The van der Waals surface area contributed by atoms with Gasteiger partial charge >= 0.3 is 0 Å². The van der Waals surface area contributed by atoms with Crippen molar-refractivity contribution in [1.82, 2.24) is 4.57 Å². The maximum atomic E-state index is 2.21. The van der Waals surface area contributed by atoms with Crippen molar-refractivity contribution in [3.63, 3.8) is 0 Å². The number of aromatic nitrogens is 1. The van der Waals surface area contributed by atoms with Crippen LogP contribution in [-0.4, -0.2) is 17.1 Å². The third-order valence-electron chi connectivity index (χ3n) is 3.01. The number of benzene rings is 1. The highest BCUT2D eigenvalue weighted by molar-refractivity contribution is 8.21. The van der Waals surface area contributed by atoms with Gasteiger partial charge in [-0.25, -0.2) is 0 Å². The average Bonchev–Trinajstić information content (AvgIpc) is 2.73. The number of hydrogen-bond donors (Lipinski definition) is 0. The molecule has 0 aliphatic carbocycles. The molecule has 0 saturated heterocycles. The molecule has 0 atom stereocenters. The third-order valence-corrected chi connectivity index (χ3v) is 5.36. The summed E-state index contributed by atoms with van der Waals surface area (Å²) in [5.74, 6) is 0. The summed E-state index contributed by atoms with van der Waals surface area (Å²) in [6.07, 6.45) is 6.40. The minimum Gasteiger partial charge on any atom is -0.351 e. The average molecular weight is 263 g/mol. The molecule has 90 valence electrons. The molecule has 0 aliphatic heterocycles. The summed E-state index contributed by atoms with van der Waals surface area (Å²) < 4.78 is 3.56. The van der Waals surface area contributed by atoms with Crippen LogP contribution in [0.15, 0.2) is 34.7 Å². The van der Waals surface area contributed by atoms with Crippen LogP contribution in [0.2, 0.25) is 0 Å². The molecular formula is C14H17NS2. The van der Waals surface area contributed by atoms with Crippen LogP contribution in [0.25, 0.3) is 16.5 Å². The van der Waals surface area contributed by atoms with Crippen molar-refractivity contribution in [2.75, 3.05) is 12.5 Å². The van der Waals surface area contributed by atoms with Crippen molar-refractivity contribution < 1.29 is 0 Å². The van der Waals surface area contributed by atoms with E-state index in [-0.39, 0.29) is 0 Å². The van der Waals surface area contributed by atoms with E-state index in [0.717, 1.165) is 0 Å². The molecule has 1 heterocycles. The van der Waals surface area contributed by atoms with Crippen LogP contribution in [0, 0.1) is 0 Å². The maximum Gasteiger partial charge on any atom is 0.0483 e. The summed E-state index contributed by atoms with van der Waals surface area (Å²) >= 11 is 3.65. The zero-order chi connectivity index (χ0) is 12.4. The first-order chi connectivity index (χ1) is 8.19. The van der Waals surface area contributed by atoms with E-state index in [1.807, 2.05) is 23.5 Å². The summed E-state index contributed by atoms with van der Waals surface area (Å²) in [5, 5.41) is 1.34. The van der Waals surface area contributed by atoms with Gasteiger partial charge in [0, 0.05) is 28.4 Å². The van der Waals surface area contributed by atoms with E-state index in [1.165, 1.54) is 26.3 Å². The van der Waals surface area contributed by atoms with Crippen LogP contribution in [0.5, 0.6) is 0 Å². The van der Waals surface area contributed by atoms with Gasteiger partial charge in [0.05, 0.1) is 0 Å². The highest BCUT2D eigenvalue weighted by atomic mass is 32.2. The second-order valence-electron chi connectivity index (χ2n) is 3.99. The van der Waals surface area contributed by atoms with Crippen molar-refractivity contribution in [3.05, 3.63) is 40.3 Å². The lowest BCUT2D eigenvalue weighted by atomic mass is 10.0. The number of fused-ring (bicyclic) bond motifs is 1. The number of allylic oxidation sites excluding steroid dienone is 1. The van der Waals surface area contributed by atoms with Crippen molar-refractivity contribution in [1.29, 1.82) is 0 Å². The number of aryl methyl sites for hydroxylation is 1. The second-order valence-corrected chi connectivity index (χ2v) is 5.88. The van der Waals surface area contributed by atoms with Crippen LogP contribution >= 0.6 is 23.5 Å². The largest absolute Gasteiger partial charge is 0.351 e. The first kappa shape index (κ1) is 12.7. The summed E-state index contributed by atoms with van der Waals surface area (Å²) in [4.78, 5) is 0. The molecule has 1 aromatic heterocycles. The number of nitrogens with zero attached hydrogens (tertiary/aromatic N) is 1. The molecule has 0 bridgehead atoms. The quantitative estimate of drug-likeness (QED) is 0.798. The fourth-order valence-corrected chi connectivity index (χ4v) is 3.63. The topological polar surface area (TPSA) is 4.93 Å². The third kappa shape index (κ3) is 2.26. The minimum absolute atomic E-state index is 1.29. The molecule has 0 saturated carbocycles. The second kappa shape index (κ2) is 5.23. The predicted octanol–water partition coefficient (Wildman–Crippen LogP) is 4.59. The zero-order valence-corrected chi connectivity index (χ0v) is 12.3. The molecular weight excluding hydrogens is 246 g/mol. The van der Waals surface area contributed by atoms with Crippen LogP contribution in [0.1, 0.15) is 12.5 Å². The van der Waals surface area contributed by atoms with E-state index in [9.17, 15) is 0 Å². The number of thioether (sulfide) groups is 2. The standard InChI is InChI=1S/C14H17NS2/c1-10(14(16-3)17-4)11-6-5-7-13-12(11)8-9-15(13)2/h5-9H,1-4H3. The van der Waals surface area contributed by atoms with Gasteiger partial charge in [-0.15, -0.1) is 23.5 Å². The molecule has 1 nitrogen and oxygen atoms in total. The van der Waals surface area contributed by atoms with Crippen molar-refractivity contribution in [3.8, 4) is 0 Å². The van der Waals surface area contributed by atoms with Gasteiger partial charge in [-0.1, -0.05) is 12.1 Å². The number of rotatable bonds is 3. The summed E-state index contributed by atoms with van der Waals surface area (Å²) in [6, 6.07) is 8.72. The molecule has 0 radical (unpaired) electrons. The molecule has 17 heavy (non-hydrogen) atoms. The Bertz CT molecular complexity index is 561. The molecule has 0 aliphatic rings. The Hall–Kier alpha value is -0.800. The van der Waals surface area contributed by atoms with E-state index in [0.29, 0.717) is 0 Å². The predicted molar refractivity (Wildman–Crippen MR) is 82.5 cm³/mol. The normalized spacial score (nSPS) is 10.8. The molecule has 0 unspecified atom stereocenters. The monoisotopic (exact) mass is 263 g/mol. The van der Waals surface area contributed by atoms with Gasteiger partial charge in [-0.3, -0.25) is 0 Å². The summed E-state index contributed by atoms with van der Waals surface area (Å²) in [5.41, 5.74) is 4.02. The van der Waals surface area contributed by atoms with Gasteiger partial charge in [-0.05, 0) is 42.7 Å². The van der Waals surface area contributed by atoms with Crippen LogP contribution in [-0.2, 0) is 7.05 Å². The molecule has 0 spiro atoms. The summed E-state index contributed by atoms with van der Waals surface area (Å²) in [6.45, 7) is 2.21. The molecule has 2 aromatic rings. The lowest BCUT2D eigenvalue weighted by Crippen LogP contribution is -1.87. The van der Waals surface area contributed by atoms with Gasteiger partial charge < -0.3 is 4.57 Å². The van der Waals surface area contributed by atoms with E-state index in [2.05, 4.69) is 61.5 Å². The Morgan fingerprint density at radius 2 is 1.82 bits per heavy atom. The summed E-state index contributed by atoms with van der Waals surface area (Å²) in [7, 11) is 2.09. The Kier molecular flexibility index (Phi) is 3.89. The van der Waals surface area contributed by atoms with E-state index in [4.69, 9.17) is 0 Å². The molecule has 2 rings (SSSR count). The Balaban J connectivity index is 2.67. The SMILES string of the molecule is CSC(SC)=C(C)c1cccc2c1ccn2C.